The summed E-state index contributed by atoms with van der Waals surface area (Å²) in [5.74, 6) is -0.852. The van der Waals surface area contributed by atoms with Crippen molar-refractivity contribution in [3.8, 4) is 0 Å². The van der Waals surface area contributed by atoms with Crippen LogP contribution < -0.4 is 10.6 Å². The van der Waals surface area contributed by atoms with Crippen LogP contribution >= 0.6 is 0 Å². The smallest absolute Gasteiger partial charge is 0.337 e. The summed E-state index contributed by atoms with van der Waals surface area (Å²) < 4.78 is 6.57. The number of hydrogen-bond acceptors (Lipinski definition) is 5. The average molecular weight is 398 g/mol. The fraction of sp³-hybridized carbons (Fsp3) is 0.429. The fourth-order valence-corrected chi connectivity index (χ4v) is 3.39. The topological polar surface area (TPSA) is 102 Å². The number of nitrogens with one attached hydrogen (secondary N) is 2. The number of carbonyl (C=O) groups is 3. The van der Waals surface area contributed by atoms with Crippen molar-refractivity contribution in [2.45, 2.75) is 45.6 Å². The Morgan fingerprint density at radius 3 is 2.79 bits per heavy atom. The van der Waals surface area contributed by atoms with Gasteiger partial charge < -0.3 is 19.9 Å². The zero-order valence-electron chi connectivity index (χ0n) is 16.8. The molecule has 29 heavy (non-hydrogen) atoms. The van der Waals surface area contributed by atoms with Crippen LogP contribution in [-0.2, 0) is 17.7 Å². The second-order valence-electron chi connectivity index (χ2n) is 6.98. The van der Waals surface area contributed by atoms with E-state index in [1.807, 2.05) is 4.57 Å². The van der Waals surface area contributed by atoms with E-state index in [4.69, 9.17) is 4.74 Å². The highest BCUT2D eigenvalue weighted by atomic mass is 16.5. The molecule has 8 nitrogen and oxygen atoms in total. The zero-order chi connectivity index (χ0) is 20.8. The largest absolute Gasteiger partial charge is 0.465 e. The fourth-order valence-electron chi connectivity index (χ4n) is 3.39. The van der Waals surface area contributed by atoms with Gasteiger partial charge in [-0.1, -0.05) is 19.4 Å². The van der Waals surface area contributed by atoms with Crippen LogP contribution in [0.1, 0.15) is 69.8 Å². The molecule has 1 aliphatic rings. The van der Waals surface area contributed by atoms with Crippen LogP contribution in [0, 0.1) is 0 Å². The molecule has 2 heterocycles. The van der Waals surface area contributed by atoms with Crippen molar-refractivity contribution in [2.75, 3.05) is 19.0 Å². The van der Waals surface area contributed by atoms with Gasteiger partial charge in [-0.2, -0.15) is 0 Å². The maximum absolute atomic E-state index is 12.9. The van der Waals surface area contributed by atoms with E-state index in [0.29, 0.717) is 30.8 Å². The first-order chi connectivity index (χ1) is 14.0. The molecule has 1 aliphatic heterocycles. The first kappa shape index (κ1) is 20.6. The molecule has 0 bridgehead atoms. The van der Waals surface area contributed by atoms with Crippen molar-refractivity contribution in [2.24, 2.45) is 0 Å². The lowest BCUT2D eigenvalue weighted by molar-refractivity contribution is 0.0600. The van der Waals surface area contributed by atoms with Crippen molar-refractivity contribution in [1.29, 1.82) is 0 Å². The molecular formula is C21H26N4O4. The van der Waals surface area contributed by atoms with Crippen molar-refractivity contribution >= 4 is 23.5 Å². The molecule has 154 valence electrons. The molecule has 0 saturated heterocycles. The summed E-state index contributed by atoms with van der Waals surface area (Å²) in [5.41, 5.74) is 1.84. The Morgan fingerprint density at radius 2 is 2.03 bits per heavy atom. The number of unbranched alkanes of at least 4 members (excludes halogenated alkanes) is 1. The van der Waals surface area contributed by atoms with Gasteiger partial charge in [-0.15, -0.1) is 0 Å². The van der Waals surface area contributed by atoms with E-state index in [0.717, 1.165) is 31.4 Å². The molecule has 0 radical (unpaired) electrons. The molecular weight excluding hydrogens is 372 g/mol. The van der Waals surface area contributed by atoms with Gasteiger partial charge in [0.25, 0.3) is 11.8 Å². The summed E-state index contributed by atoms with van der Waals surface area (Å²) in [5, 5.41) is 5.65. The van der Waals surface area contributed by atoms with Crippen LogP contribution in [0.2, 0.25) is 0 Å². The standard InChI is InChI=1S/C21H26N4O4/c1-3-4-11-22-20(27)18-24-17(16-10-5-6-12-25(16)18)19(26)23-15-9-7-8-14(13-15)21(28)29-2/h7-9,13H,3-6,10-12H2,1-2H3,(H,22,27)(H,23,26). The number of fused-ring (bicyclic) bond motifs is 1. The van der Waals surface area contributed by atoms with Crippen molar-refractivity contribution in [3.05, 3.63) is 47.0 Å². The second kappa shape index (κ2) is 9.36. The maximum Gasteiger partial charge on any atom is 0.337 e. The molecule has 3 rings (SSSR count). The Balaban J connectivity index is 1.83. The molecule has 0 unspecified atom stereocenters. The summed E-state index contributed by atoms with van der Waals surface area (Å²) >= 11 is 0. The maximum atomic E-state index is 12.9. The molecule has 8 heteroatoms. The number of esters is 1. The van der Waals surface area contributed by atoms with Gasteiger partial charge in [-0.05, 0) is 43.9 Å². The molecule has 0 saturated carbocycles. The molecule has 2 amide bonds. The summed E-state index contributed by atoms with van der Waals surface area (Å²) in [7, 11) is 1.30. The summed E-state index contributed by atoms with van der Waals surface area (Å²) in [6, 6.07) is 6.51. The van der Waals surface area contributed by atoms with Gasteiger partial charge in [0.2, 0.25) is 0 Å². The first-order valence-electron chi connectivity index (χ1n) is 9.92. The predicted molar refractivity (Wildman–Crippen MR) is 108 cm³/mol. The van der Waals surface area contributed by atoms with Gasteiger partial charge in [0.15, 0.2) is 11.5 Å². The van der Waals surface area contributed by atoms with Crippen LogP contribution in [0.15, 0.2) is 24.3 Å². The summed E-state index contributed by atoms with van der Waals surface area (Å²) in [6.45, 7) is 3.31. The van der Waals surface area contributed by atoms with Crippen LogP contribution in [-0.4, -0.2) is 41.0 Å². The number of carbonyl (C=O) groups excluding carboxylic acids is 3. The highest BCUT2D eigenvalue weighted by Crippen LogP contribution is 2.22. The molecule has 1 aromatic carbocycles. The summed E-state index contributed by atoms with van der Waals surface area (Å²) in [6.07, 6.45) is 4.46. The lowest BCUT2D eigenvalue weighted by Crippen LogP contribution is -2.28. The number of amides is 2. The Bertz CT molecular complexity index is 919. The van der Waals surface area contributed by atoms with Gasteiger partial charge in [0.05, 0.1) is 18.4 Å². The number of aromatic nitrogens is 2. The minimum absolute atomic E-state index is 0.256. The number of hydrogen-bond donors (Lipinski definition) is 2. The van der Waals surface area contributed by atoms with Crippen LogP contribution in [0.3, 0.4) is 0 Å². The lowest BCUT2D eigenvalue weighted by atomic mass is 10.1. The molecule has 0 atom stereocenters. The van der Waals surface area contributed by atoms with Gasteiger partial charge in [0.1, 0.15) is 0 Å². The van der Waals surface area contributed by atoms with E-state index in [9.17, 15) is 14.4 Å². The van der Waals surface area contributed by atoms with E-state index < -0.39 is 11.9 Å². The van der Waals surface area contributed by atoms with E-state index in [-0.39, 0.29) is 17.4 Å². The number of benzene rings is 1. The number of rotatable bonds is 7. The van der Waals surface area contributed by atoms with Crippen LogP contribution in [0.4, 0.5) is 5.69 Å². The highest BCUT2D eigenvalue weighted by Gasteiger charge is 2.27. The van der Waals surface area contributed by atoms with Gasteiger partial charge in [-0.25, -0.2) is 9.78 Å². The average Bonchev–Trinajstić information content (AvgIpc) is 3.13. The Kier molecular flexibility index (Phi) is 6.64. The van der Waals surface area contributed by atoms with Crippen LogP contribution in [0.25, 0.3) is 0 Å². The minimum Gasteiger partial charge on any atom is -0.465 e. The normalized spacial score (nSPS) is 12.8. The Morgan fingerprint density at radius 1 is 1.21 bits per heavy atom. The monoisotopic (exact) mass is 398 g/mol. The number of nitrogens with zero attached hydrogens (tertiary/aromatic N) is 2. The van der Waals surface area contributed by atoms with Gasteiger partial charge >= 0.3 is 5.97 Å². The van der Waals surface area contributed by atoms with Gasteiger partial charge in [0, 0.05) is 18.8 Å². The minimum atomic E-state index is -0.480. The van der Waals surface area contributed by atoms with Crippen molar-refractivity contribution in [1.82, 2.24) is 14.9 Å². The SMILES string of the molecule is CCCCNC(=O)c1nc(C(=O)Nc2cccc(C(=O)OC)c2)c2n1CCCC2. The van der Waals surface area contributed by atoms with E-state index in [2.05, 4.69) is 22.5 Å². The molecule has 1 aromatic heterocycles. The first-order valence-corrected chi connectivity index (χ1v) is 9.92. The Hall–Kier alpha value is -3.16. The van der Waals surface area contributed by atoms with Crippen molar-refractivity contribution < 1.29 is 19.1 Å². The number of methoxy groups -OCH3 is 1. The lowest BCUT2D eigenvalue weighted by Gasteiger charge is -2.17. The van der Waals surface area contributed by atoms with E-state index >= 15 is 0 Å². The van der Waals surface area contributed by atoms with E-state index in [1.165, 1.54) is 7.11 Å². The van der Waals surface area contributed by atoms with E-state index in [1.54, 1.807) is 24.3 Å². The number of imidazole rings is 1. The highest BCUT2D eigenvalue weighted by molar-refractivity contribution is 6.05. The molecule has 0 fully saturated rings. The third-order valence-corrected chi connectivity index (χ3v) is 4.89. The third kappa shape index (κ3) is 4.64. The predicted octanol–water partition coefficient (Wildman–Crippen LogP) is 2.79. The molecule has 2 N–H and O–H groups in total. The third-order valence-electron chi connectivity index (χ3n) is 4.89. The second-order valence-corrected chi connectivity index (χ2v) is 6.98. The molecule has 0 spiro atoms. The summed E-state index contributed by atoms with van der Waals surface area (Å²) in [4.78, 5) is 41.6. The molecule has 0 aliphatic carbocycles. The van der Waals surface area contributed by atoms with Gasteiger partial charge in [-0.3, -0.25) is 9.59 Å². The number of ether oxygens (including phenoxy) is 1. The van der Waals surface area contributed by atoms with Crippen LogP contribution in [0.5, 0.6) is 0 Å². The van der Waals surface area contributed by atoms with Crippen molar-refractivity contribution in [3.63, 3.8) is 0 Å². The quantitative estimate of drug-likeness (QED) is 0.552. The molecule has 2 aromatic rings. The number of anilines is 1. The Labute approximate surface area is 169 Å². The zero-order valence-corrected chi connectivity index (χ0v) is 16.8.